The predicted octanol–water partition coefficient (Wildman–Crippen LogP) is 1.62. The van der Waals surface area contributed by atoms with Crippen LogP contribution in [0.4, 0.5) is 0 Å². The Hall–Kier alpha value is -0.940. The summed E-state index contributed by atoms with van der Waals surface area (Å²) in [6.07, 6.45) is 2.70. The van der Waals surface area contributed by atoms with Crippen LogP contribution in [-0.2, 0) is 0 Å². The Morgan fingerprint density at radius 3 is 2.82 bits per heavy atom. The Balaban J connectivity index is 2.04. The Morgan fingerprint density at radius 2 is 2.29 bits per heavy atom. The lowest BCUT2D eigenvalue weighted by atomic mass is 10.2. The van der Waals surface area contributed by atoms with Gasteiger partial charge in [-0.3, -0.25) is 4.79 Å². The molecule has 0 aliphatic carbocycles. The van der Waals surface area contributed by atoms with Crippen LogP contribution in [0.5, 0.6) is 0 Å². The number of rotatable bonds is 2. The highest BCUT2D eigenvalue weighted by molar-refractivity contribution is 9.10. The van der Waals surface area contributed by atoms with Crippen molar-refractivity contribution in [1.82, 2.24) is 14.8 Å². The van der Waals surface area contributed by atoms with Gasteiger partial charge in [0, 0.05) is 29.8 Å². The lowest BCUT2D eigenvalue weighted by molar-refractivity contribution is 0.0777. The topological polar surface area (TPSA) is 36.4 Å². The summed E-state index contributed by atoms with van der Waals surface area (Å²) in [7, 11) is 4.10. The highest BCUT2D eigenvalue weighted by Gasteiger charge is 2.28. The van der Waals surface area contributed by atoms with Gasteiger partial charge in [-0.2, -0.15) is 0 Å². The fourth-order valence-electron chi connectivity index (χ4n) is 2.01. The van der Waals surface area contributed by atoms with Gasteiger partial charge in [-0.1, -0.05) is 0 Å². The van der Waals surface area contributed by atoms with E-state index in [2.05, 4.69) is 39.9 Å². The first kappa shape index (κ1) is 12.5. The molecule has 5 heteroatoms. The summed E-state index contributed by atoms with van der Waals surface area (Å²) in [6, 6.07) is 4.07. The van der Waals surface area contributed by atoms with Gasteiger partial charge >= 0.3 is 0 Å². The van der Waals surface area contributed by atoms with Gasteiger partial charge in [0.2, 0.25) is 0 Å². The van der Waals surface area contributed by atoms with Crippen LogP contribution in [0, 0.1) is 0 Å². The quantitative estimate of drug-likeness (QED) is 0.832. The van der Waals surface area contributed by atoms with Crippen LogP contribution in [0.2, 0.25) is 0 Å². The van der Waals surface area contributed by atoms with E-state index >= 15 is 0 Å². The fraction of sp³-hybridized carbons (Fsp3) is 0.500. The van der Waals surface area contributed by atoms with Crippen molar-refractivity contribution in [2.24, 2.45) is 0 Å². The number of likely N-dealkylation sites (N-methyl/N-ethyl adjacent to an activating group) is 1. The molecule has 0 aromatic carbocycles. The van der Waals surface area contributed by atoms with Gasteiger partial charge in [0.15, 0.2) is 0 Å². The zero-order valence-corrected chi connectivity index (χ0v) is 11.6. The van der Waals surface area contributed by atoms with Gasteiger partial charge in [0.1, 0.15) is 5.69 Å². The van der Waals surface area contributed by atoms with Crippen LogP contribution >= 0.6 is 15.9 Å². The van der Waals surface area contributed by atoms with Crippen LogP contribution < -0.4 is 0 Å². The number of carbonyl (C=O) groups is 1. The minimum absolute atomic E-state index is 0.0295. The molecule has 0 spiro atoms. The average Bonchev–Trinajstić information content (AvgIpc) is 2.78. The molecule has 2 rings (SSSR count). The molecular weight excluding hydrogens is 282 g/mol. The molecule has 1 aliphatic heterocycles. The summed E-state index contributed by atoms with van der Waals surface area (Å²) in [5.74, 6) is 0.0295. The molecule has 1 aromatic heterocycles. The number of carbonyl (C=O) groups excluding carboxylic acids is 1. The lowest BCUT2D eigenvalue weighted by Gasteiger charge is -2.20. The molecule has 2 heterocycles. The summed E-state index contributed by atoms with van der Waals surface area (Å²) in [6.45, 7) is 1.61. The molecule has 1 aromatic rings. The van der Waals surface area contributed by atoms with E-state index in [1.54, 1.807) is 12.3 Å². The molecule has 0 bridgehead atoms. The number of hydrogen-bond acceptors (Lipinski definition) is 3. The monoisotopic (exact) mass is 297 g/mol. The third-order valence-electron chi connectivity index (χ3n) is 3.13. The first-order valence-electron chi connectivity index (χ1n) is 5.65. The minimum atomic E-state index is 0.0295. The standard InChI is InChI=1S/C12H16BrN3O/c1-15(2)10-5-6-16(8-10)12(17)11-4-3-9(13)7-14-11/h3-4,7,10H,5-6,8H2,1-2H3. The Labute approximate surface area is 110 Å². The van der Waals surface area contributed by atoms with Crippen LogP contribution in [-0.4, -0.2) is 53.9 Å². The van der Waals surface area contributed by atoms with E-state index < -0.39 is 0 Å². The second kappa shape index (κ2) is 5.14. The van der Waals surface area contributed by atoms with Gasteiger partial charge in [-0.15, -0.1) is 0 Å². The zero-order chi connectivity index (χ0) is 12.4. The summed E-state index contributed by atoms with van der Waals surface area (Å²) in [5, 5.41) is 0. The van der Waals surface area contributed by atoms with Crippen molar-refractivity contribution < 1.29 is 4.79 Å². The summed E-state index contributed by atoms with van der Waals surface area (Å²) < 4.78 is 0.890. The summed E-state index contributed by atoms with van der Waals surface area (Å²) in [5.41, 5.74) is 0.521. The van der Waals surface area contributed by atoms with E-state index in [0.29, 0.717) is 11.7 Å². The lowest BCUT2D eigenvalue weighted by Crippen LogP contribution is -2.34. The molecular formula is C12H16BrN3O. The molecule has 4 nitrogen and oxygen atoms in total. The zero-order valence-electron chi connectivity index (χ0n) is 10.1. The maximum Gasteiger partial charge on any atom is 0.272 e. The summed E-state index contributed by atoms with van der Waals surface area (Å²) >= 11 is 3.31. The third kappa shape index (κ3) is 2.84. The van der Waals surface area contributed by atoms with Gasteiger partial charge in [-0.25, -0.2) is 4.98 Å². The van der Waals surface area contributed by atoms with Crippen LogP contribution in [0.15, 0.2) is 22.8 Å². The highest BCUT2D eigenvalue weighted by atomic mass is 79.9. The van der Waals surface area contributed by atoms with Crippen molar-refractivity contribution >= 4 is 21.8 Å². The third-order valence-corrected chi connectivity index (χ3v) is 3.60. The van der Waals surface area contributed by atoms with Gasteiger partial charge in [-0.05, 0) is 48.6 Å². The van der Waals surface area contributed by atoms with Crippen molar-refractivity contribution in [2.45, 2.75) is 12.5 Å². The largest absolute Gasteiger partial charge is 0.336 e. The SMILES string of the molecule is CN(C)C1CCN(C(=O)c2ccc(Br)cn2)C1. The van der Waals surface area contributed by atoms with E-state index in [1.165, 1.54) is 0 Å². The van der Waals surface area contributed by atoms with Crippen molar-refractivity contribution in [3.05, 3.63) is 28.5 Å². The van der Waals surface area contributed by atoms with Crippen LogP contribution in [0.1, 0.15) is 16.9 Å². The van der Waals surface area contributed by atoms with E-state index in [-0.39, 0.29) is 5.91 Å². The van der Waals surface area contributed by atoms with Crippen molar-refractivity contribution in [3.63, 3.8) is 0 Å². The number of nitrogens with zero attached hydrogens (tertiary/aromatic N) is 3. The molecule has 17 heavy (non-hydrogen) atoms. The number of amides is 1. The van der Waals surface area contributed by atoms with Gasteiger partial charge in [0.05, 0.1) is 0 Å². The molecule has 1 saturated heterocycles. The molecule has 0 saturated carbocycles. The maximum atomic E-state index is 12.2. The van der Waals surface area contributed by atoms with Gasteiger partial charge < -0.3 is 9.80 Å². The number of aromatic nitrogens is 1. The second-order valence-corrected chi connectivity index (χ2v) is 5.43. The maximum absolute atomic E-state index is 12.2. The first-order valence-corrected chi connectivity index (χ1v) is 6.44. The predicted molar refractivity (Wildman–Crippen MR) is 69.9 cm³/mol. The molecule has 1 aliphatic rings. The number of likely N-dealkylation sites (tertiary alicyclic amines) is 1. The molecule has 0 radical (unpaired) electrons. The summed E-state index contributed by atoms with van der Waals surface area (Å²) in [4.78, 5) is 20.3. The number of hydrogen-bond donors (Lipinski definition) is 0. The molecule has 1 fully saturated rings. The van der Waals surface area contributed by atoms with E-state index in [1.807, 2.05) is 11.0 Å². The molecule has 1 atom stereocenters. The van der Waals surface area contributed by atoms with E-state index in [0.717, 1.165) is 24.0 Å². The first-order chi connectivity index (χ1) is 8.08. The van der Waals surface area contributed by atoms with E-state index in [4.69, 9.17) is 0 Å². The van der Waals surface area contributed by atoms with Crippen molar-refractivity contribution in [1.29, 1.82) is 0 Å². The normalized spacial score (nSPS) is 20.0. The molecule has 1 unspecified atom stereocenters. The number of halogens is 1. The van der Waals surface area contributed by atoms with Crippen molar-refractivity contribution in [2.75, 3.05) is 27.2 Å². The Morgan fingerprint density at radius 1 is 1.53 bits per heavy atom. The van der Waals surface area contributed by atoms with Crippen molar-refractivity contribution in [3.8, 4) is 0 Å². The van der Waals surface area contributed by atoms with Gasteiger partial charge in [0.25, 0.3) is 5.91 Å². The van der Waals surface area contributed by atoms with Crippen LogP contribution in [0.3, 0.4) is 0 Å². The Bertz CT molecular complexity index is 405. The molecule has 1 amide bonds. The fourth-order valence-corrected chi connectivity index (χ4v) is 2.25. The minimum Gasteiger partial charge on any atom is -0.336 e. The Kier molecular flexibility index (Phi) is 3.79. The average molecular weight is 298 g/mol. The number of pyridine rings is 1. The molecule has 92 valence electrons. The second-order valence-electron chi connectivity index (χ2n) is 4.52. The van der Waals surface area contributed by atoms with Crippen LogP contribution in [0.25, 0.3) is 0 Å². The van der Waals surface area contributed by atoms with E-state index in [9.17, 15) is 4.79 Å². The molecule has 0 N–H and O–H groups in total. The highest BCUT2D eigenvalue weighted by Crippen LogP contribution is 2.16. The smallest absolute Gasteiger partial charge is 0.272 e.